The zero-order valence-electron chi connectivity index (χ0n) is 8.05. The molecule has 0 radical (unpaired) electrons. The molecule has 0 unspecified atom stereocenters. The van der Waals surface area contributed by atoms with E-state index in [-0.39, 0.29) is 0 Å². The number of methoxy groups -OCH3 is 1. The molecule has 13 heavy (non-hydrogen) atoms. The van der Waals surface area contributed by atoms with Crippen molar-refractivity contribution < 1.29 is 9.53 Å². The van der Waals surface area contributed by atoms with E-state index >= 15 is 0 Å². The molecule has 0 aliphatic heterocycles. The molecule has 1 aromatic carbocycles. The number of aryl methyl sites for hydroxylation is 2. The summed E-state index contributed by atoms with van der Waals surface area (Å²) in [4.78, 5) is 10.3. The van der Waals surface area contributed by atoms with Crippen molar-refractivity contribution in [2.45, 2.75) is 13.8 Å². The van der Waals surface area contributed by atoms with Gasteiger partial charge in [0.1, 0.15) is 5.75 Å². The molecule has 0 bridgehead atoms. The van der Waals surface area contributed by atoms with E-state index in [9.17, 15) is 4.79 Å². The number of carbonyl (C=O) groups is 1. The topological polar surface area (TPSA) is 38.3 Å². The van der Waals surface area contributed by atoms with Crippen LogP contribution >= 0.6 is 0 Å². The molecule has 3 nitrogen and oxygen atoms in total. The molecule has 0 aliphatic rings. The summed E-state index contributed by atoms with van der Waals surface area (Å²) in [6, 6.07) is 3.88. The second-order valence-corrected chi connectivity index (χ2v) is 2.92. The molecule has 1 amide bonds. The number of nitrogens with one attached hydrogen (secondary N) is 1. The largest absolute Gasteiger partial charge is 0.494 e. The molecule has 0 saturated heterocycles. The third kappa shape index (κ3) is 1.99. The van der Waals surface area contributed by atoms with E-state index < -0.39 is 0 Å². The lowest BCUT2D eigenvalue weighted by molar-refractivity contribution is -0.105. The van der Waals surface area contributed by atoms with E-state index in [0.29, 0.717) is 6.41 Å². The van der Waals surface area contributed by atoms with Gasteiger partial charge in [-0.05, 0) is 31.0 Å². The van der Waals surface area contributed by atoms with Crippen LogP contribution in [0, 0.1) is 13.8 Å². The van der Waals surface area contributed by atoms with Gasteiger partial charge in [-0.15, -0.1) is 0 Å². The van der Waals surface area contributed by atoms with Crippen LogP contribution in [0.3, 0.4) is 0 Å². The molecule has 1 N–H and O–H groups in total. The van der Waals surface area contributed by atoms with E-state index in [2.05, 4.69) is 5.32 Å². The van der Waals surface area contributed by atoms with Gasteiger partial charge in [0.25, 0.3) is 0 Å². The van der Waals surface area contributed by atoms with Crippen LogP contribution < -0.4 is 10.1 Å². The first kappa shape index (κ1) is 9.58. The fourth-order valence-electron chi connectivity index (χ4n) is 1.40. The average Bonchev–Trinajstić information content (AvgIpc) is 2.04. The molecule has 0 aliphatic carbocycles. The van der Waals surface area contributed by atoms with E-state index in [1.807, 2.05) is 26.0 Å². The molecule has 0 atom stereocenters. The van der Waals surface area contributed by atoms with Crippen LogP contribution in [0.4, 0.5) is 5.69 Å². The number of rotatable bonds is 3. The second kappa shape index (κ2) is 3.94. The highest BCUT2D eigenvalue weighted by atomic mass is 16.5. The Morgan fingerprint density at radius 3 is 2.62 bits per heavy atom. The Kier molecular flexibility index (Phi) is 2.90. The maximum absolute atomic E-state index is 10.3. The van der Waals surface area contributed by atoms with Crippen LogP contribution in [-0.4, -0.2) is 13.5 Å². The predicted octanol–water partition coefficient (Wildman–Crippen LogP) is 1.88. The lowest BCUT2D eigenvalue weighted by atomic mass is 10.1. The summed E-state index contributed by atoms with van der Waals surface area (Å²) in [6.45, 7) is 3.92. The van der Waals surface area contributed by atoms with Gasteiger partial charge in [0.05, 0.1) is 12.8 Å². The van der Waals surface area contributed by atoms with Gasteiger partial charge in [0.2, 0.25) is 6.41 Å². The molecule has 0 fully saturated rings. The van der Waals surface area contributed by atoms with Crippen LogP contribution in [-0.2, 0) is 4.79 Å². The molecule has 1 aromatic rings. The summed E-state index contributed by atoms with van der Waals surface area (Å²) >= 11 is 0. The SMILES string of the molecule is COc1c(C)cc(C)cc1NC=O. The Morgan fingerprint density at radius 1 is 1.38 bits per heavy atom. The van der Waals surface area contributed by atoms with Gasteiger partial charge < -0.3 is 10.1 Å². The van der Waals surface area contributed by atoms with Crippen molar-refractivity contribution in [3.63, 3.8) is 0 Å². The fraction of sp³-hybridized carbons (Fsp3) is 0.300. The summed E-state index contributed by atoms with van der Waals surface area (Å²) < 4.78 is 5.16. The normalized spacial score (nSPS) is 9.46. The van der Waals surface area contributed by atoms with Gasteiger partial charge in [0.15, 0.2) is 0 Å². The molecule has 1 rings (SSSR count). The highest BCUT2D eigenvalue weighted by molar-refractivity contribution is 5.76. The average molecular weight is 179 g/mol. The lowest BCUT2D eigenvalue weighted by Gasteiger charge is -2.11. The first-order valence-corrected chi connectivity index (χ1v) is 4.04. The summed E-state index contributed by atoms with van der Waals surface area (Å²) in [5.41, 5.74) is 2.84. The van der Waals surface area contributed by atoms with Gasteiger partial charge in [-0.25, -0.2) is 0 Å². The zero-order valence-corrected chi connectivity index (χ0v) is 8.05. The molecular formula is C10H13NO2. The van der Waals surface area contributed by atoms with Gasteiger partial charge in [-0.2, -0.15) is 0 Å². The minimum atomic E-state index is 0.650. The van der Waals surface area contributed by atoms with E-state index in [1.54, 1.807) is 7.11 Å². The van der Waals surface area contributed by atoms with Crippen molar-refractivity contribution in [1.82, 2.24) is 0 Å². The van der Waals surface area contributed by atoms with Crippen molar-refractivity contribution in [1.29, 1.82) is 0 Å². The Labute approximate surface area is 77.7 Å². The van der Waals surface area contributed by atoms with Gasteiger partial charge in [-0.3, -0.25) is 4.79 Å². The van der Waals surface area contributed by atoms with Crippen LogP contribution in [0.5, 0.6) is 5.75 Å². The van der Waals surface area contributed by atoms with Crippen LogP contribution in [0.1, 0.15) is 11.1 Å². The van der Waals surface area contributed by atoms with Crippen LogP contribution in [0.15, 0.2) is 12.1 Å². The quantitative estimate of drug-likeness (QED) is 0.719. The Balaban J connectivity index is 3.20. The summed E-state index contributed by atoms with van der Waals surface area (Å²) in [7, 11) is 1.59. The Bertz CT molecular complexity index is 321. The highest BCUT2D eigenvalue weighted by Crippen LogP contribution is 2.29. The van der Waals surface area contributed by atoms with Crippen molar-refractivity contribution in [3.8, 4) is 5.75 Å². The van der Waals surface area contributed by atoms with E-state index in [4.69, 9.17) is 4.74 Å². The van der Waals surface area contributed by atoms with Crippen molar-refractivity contribution in [3.05, 3.63) is 23.3 Å². The zero-order chi connectivity index (χ0) is 9.84. The minimum absolute atomic E-state index is 0.650. The number of amides is 1. The third-order valence-electron chi connectivity index (χ3n) is 1.84. The second-order valence-electron chi connectivity index (χ2n) is 2.92. The fourth-order valence-corrected chi connectivity index (χ4v) is 1.40. The van der Waals surface area contributed by atoms with Crippen molar-refractivity contribution >= 4 is 12.1 Å². The summed E-state index contributed by atoms with van der Waals surface area (Å²) in [6.07, 6.45) is 0.650. The first-order valence-electron chi connectivity index (χ1n) is 4.04. The molecular weight excluding hydrogens is 166 g/mol. The Hall–Kier alpha value is -1.51. The van der Waals surface area contributed by atoms with Crippen molar-refractivity contribution in [2.24, 2.45) is 0 Å². The first-order chi connectivity index (χ1) is 6.19. The number of hydrogen-bond acceptors (Lipinski definition) is 2. The number of carbonyl (C=O) groups excluding carboxylic acids is 1. The highest BCUT2D eigenvalue weighted by Gasteiger charge is 2.05. The standard InChI is InChI=1S/C10H13NO2/c1-7-4-8(2)10(13-3)9(5-7)11-6-12/h4-6H,1-3H3,(H,11,12). The van der Waals surface area contributed by atoms with Crippen LogP contribution in [0.2, 0.25) is 0 Å². The minimum Gasteiger partial charge on any atom is -0.494 e. The molecule has 0 saturated carbocycles. The number of benzene rings is 1. The van der Waals surface area contributed by atoms with Gasteiger partial charge in [-0.1, -0.05) is 6.07 Å². The molecule has 3 heteroatoms. The summed E-state index contributed by atoms with van der Waals surface area (Å²) in [5, 5.41) is 2.60. The molecule has 0 spiro atoms. The maximum atomic E-state index is 10.3. The van der Waals surface area contributed by atoms with Crippen molar-refractivity contribution in [2.75, 3.05) is 12.4 Å². The maximum Gasteiger partial charge on any atom is 0.211 e. The number of ether oxygens (including phenoxy) is 1. The number of hydrogen-bond donors (Lipinski definition) is 1. The lowest BCUT2D eigenvalue weighted by Crippen LogP contribution is -1.99. The van der Waals surface area contributed by atoms with Gasteiger partial charge >= 0.3 is 0 Å². The third-order valence-corrected chi connectivity index (χ3v) is 1.84. The van der Waals surface area contributed by atoms with E-state index in [1.165, 1.54) is 0 Å². The predicted molar refractivity (Wildman–Crippen MR) is 52.2 cm³/mol. The molecule has 70 valence electrons. The Morgan fingerprint density at radius 2 is 2.08 bits per heavy atom. The smallest absolute Gasteiger partial charge is 0.211 e. The summed E-state index contributed by atoms with van der Waals surface area (Å²) in [5.74, 6) is 0.720. The van der Waals surface area contributed by atoms with Crippen LogP contribution in [0.25, 0.3) is 0 Å². The number of anilines is 1. The monoisotopic (exact) mass is 179 g/mol. The van der Waals surface area contributed by atoms with Gasteiger partial charge in [0, 0.05) is 0 Å². The molecule has 0 heterocycles. The molecule has 0 aromatic heterocycles. The van der Waals surface area contributed by atoms with E-state index in [0.717, 1.165) is 22.6 Å².